The lowest BCUT2D eigenvalue weighted by Crippen LogP contribution is -2.21. The van der Waals surface area contributed by atoms with E-state index in [4.69, 9.17) is 28.3 Å². The van der Waals surface area contributed by atoms with Gasteiger partial charge < -0.3 is 0 Å². The highest BCUT2D eigenvalue weighted by Gasteiger charge is 2.16. The molecule has 3 rings (SSSR count). The lowest BCUT2D eigenvalue weighted by molar-refractivity contribution is 0.596. The summed E-state index contributed by atoms with van der Waals surface area (Å²) in [5, 5.41) is 8.67. The number of halogens is 2. The van der Waals surface area contributed by atoms with Crippen molar-refractivity contribution >= 4 is 48.9 Å². The van der Waals surface area contributed by atoms with Crippen molar-refractivity contribution in [1.29, 1.82) is 0 Å². The summed E-state index contributed by atoms with van der Waals surface area (Å²) < 4.78 is 50.8. The Morgan fingerprint density at radius 1 is 0.967 bits per heavy atom. The minimum atomic E-state index is -3.93. The Morgan fingerprint density at radius 2 is 1.57 bits per heavy atom. The zero-order valence-electron chi connectivity index (χ0n) is 15.0. The average molecular weight is 489 g/mol. The van der Waals surface area contributed by atoms with Gasteiger partial charge in [0, 0.05) is 5.69 Å². The van der Waals surface area contributed by atoms with Gasteiger partial charge in [0.2, 0.25) is 10.0 Å². The first-order valence-corrected chi connectivity index (χ1v) is 12.1. The van der Waals surface area contributed by atoms with Crippen LogP contribution in [0.5, 0.6) is 0 Å². The van der Waals surface area contributed by atoms with Crippen molar-refractivity contribution in [3.05, 3.63) is 80.7 Å². The largest absolute Gasteiger partial charge is 0.291 e. The van der Waals surface area contributed by atoms with E-state index in [2.05, 4.69) is 9.82 Å². The number of aromatic nitrogens is 2. The molecule has 0 aliphatic rings. The van der Waals surface area contributed by atoms with E-state index in [9.17, 15) is 21.6 Å². The molecule has 0 bridgehead atoms. The third-order valence-electron chi connectivity index (χ3n) is 3.84. The lowest BCUT2D eigenvalue weighted by atomic mass is 10.2. The molecule has 0 unspecified atom stereocenters. The molecule has 0 atom stereocenters. The number of nitrogens with zero attached hydrogens (tertiary/aromatic N) is 2. The molecule has 3 aromatic rings. The van der Waals surface area contributed by atoms with Crippen LogP contribution in [-0.2, 0) is 25.8 Å². The predicted molar refractivity (Wildman–Crippen MR) is 114 cm³/mol. The molecule has 30 heavy (non-hydrogen) atoms. The number of sulfonamides is 2. The second kappa shape index (κ2) is 8.36. The second-order valence-electron chi connectivity index (χ2n) is 6.13. The van der Waals surface area contributed by atoms with Gasteiger partial charge in [-0.1, -0.05) is 35.3 Å². The van der Waals surface area contributed by atoms with Crippen molar-refractivity contribution < 1.29 is 16.8 Å². The van der Waals surface area contributed by atoms with Gasteiger partial charge in [-0.2, -0.15) is 9.78 Å². The predicted octanol–water partition coefficient (Wildman–Crippen LogP) is 2.13. The fourth-order valence-electron chi connectivity index (χ4n) is 2.48. The topological polar surface area (TPSA) is 141 Å². The average Bonchev–Trinajstić information content (AvgIpc) is 2.67. The fraction of sp³-hybridized carbons (Fsp3) is 0.0588. The molecule has 0 aliphatic carbocycles. The SMILES string of the molecule is NS(=O)(=O)Cc1ccc(NS(=O)(=O)c2ccc(-n3ncc(Cl)c(Cl)c3=O)cc2)cc1. The number of hydrogen-bond acceptors (Lipinski definition) is 6. The van der Waals surface area contributed by atoms with E-state index in [0.29, 0.717) is 11.3 Å². The lowest BCUT2D eigenvalue weighted by Gasteiger charge is -2.10. The fourth-order valence-corrected chi connectivity index (χ4v) is 4.45. The molecule has 0 amide bonds. The van der Waals surface area contributed by atoms with E-state index in [0.717, 1.165) is 4.68 Å². The van der Waals surface area contributed by atoms with Crippen LogP contribution in [0.2, 0.25) is 10.0 Å². The summed E-state index contributed by atoms with van der Waals surface area (Å²) in [4.78, 5) is 12.1. The van der Waals surface area contributed by atoms with Crippen LogP contribution in [0.15, 0.2) is 64.4 Å². The van der Waals surface area contributed by atoms with Gasteiger partial charge >= 0.3 is 0 Å². The number of nitrogens with one attached hydrogen (secondary N) is 1. The van der Waals surface area contributed by atoms with Crippen LogP contribution in [-0.4, -0.2) is 26.6 Å². The first-order chi connectivity index (χ1) is 14.0. The molecule has 0 saturated carbocycles. The van der Waals surface area contributed by atoms with E-state index < -0.39 is 25.6 Å². The van der Waals surface area contributed by atoms with E-state index in [1.165, 1.54) is 54.7 Å². The number of benzene rings is 2. The molecule has 1 aromatic heterocycles. The smallest absolute Gasteiger partial charge is 0.280 e. The molecule has 0 fully saturated rings. The van der Waals surface area contributed by atoms with E-state index in [1.54, 1.807) is 0 Å². The minimum Gasteiger partial charge on any atom is -0.280 e. The van der Waals surface area contributed by atoms with Crippen molar-refractivity contribution in [2.45, 2.75) is 10.6 Å². The third-order valence-corrected chi connectivity index (χ3v) is 6.72. The maximum atomic E-state index is 12.6. The van der Waals surface area contributed by atoms with Gasteiger partial charge in [0.25, 0.3) is 15.6 Å². The van der Waals surface area contributed by atoms with Crippen LogP contribution in [0.3, 0.4) is 0 Å². The molecule has 1 heterocycles. The molecule has 0 aliphatic heterocycles. The number of hydrogen-bond donors (Lipinski definition) is 2. The standard InChI is InChI=1S/C17H14Cl2N4O5S2/c18-15-9-21-23(17(24)16(15)19)13-5-7-14(8-6-13)30(27,28)22-12-3-1-11(2-4-12)10-29(20,25)26/h1-9,22H,10H2,(H2,20,25,26). The molecular weight excluding hydrogens is 475 g/mol. The van der Waals surface area contributed by atoms with E-state index in [1.807, 2.05) is 0 Å². The molecular formula is C17H14Cl2N4O5S2. The highest BCUT2D eigenvalue weighted by Crippen LogP contribution is 2.20. The first kappa shape index (κ1) is 22.2. The molecule has 3 N–H and O–H groups in total. The normalized spacial score (nSPS) is 12.0. The Morgan fingerprint density at radius 3 is 2.13 bits per heavy atom. The van der Waals surface area contributed by atoms with Gasteiger partial charge in [-0.3, -0.25) is 9.52 Å². The van der Waals surface area contributed by atoms with Crippen LogP contribution in [0, 0.1) is 0 Å². The molecule has 2 aromatic carbocycles. The Balaban J connectivity index is 1.82. The van der Waals surface area contributed by atoms with Gasteiger partial charge in [-0.05, 0) is 42.0 Å². The Kier molecular flexibility index (Phi) is 6.20. The van der Waals surface area contributed by atoms with E-state index in [-0.39, 0.29) is 26.4 Å². The van der Waals surface area contributed by atoms with Crippen molar-refractivity contribution in [2.75, 3.05) is 4.72 Å². The molecule has 0 radical (unpaired) electrons. The van der Waals surface area contributed by atoms with Crippen LogP contribution in [0.4, 0.5) is 5.69 Å². The third kappa shape index (κ3) is 5.18. The van der Waals surface area contributed by atoms with Gasteiger partial charge in [0.1, 0.15) is 5.02 Å². The van der Waals surface area contributed by atoms with Crippen molar-refractivity contribution in [3.63, 3.8) is 0 Å². The molecule has 0 saturated heterocycles. The second-order valence-corrected chi connectivity index (χ2v) is 10.2. The summed E-state index contributed by atoms with van der Waals surface area (Å²) in [6, 6.07) is 11.1. The van der Waals surface area contributed by atoms with Crippen molar-refractivity contribution in [3.8, 4) is 5.69 Å². The Hall–Kier alpha value is -2.44. The van der Waals surface area contributed by atoms with Gasteiger partial charge in [-0.25, -0.2) is 22.0 Å². The van der Waals surface area contributed by atoms with Gasteiger partial charge in [0.05, 0.1) is 27.6 Å². The summed E-state index contributed by atoms with van der Waals surface area (Å²) in [5.74, 6) is -0.358. The molecule has 9 nitrogen and oxygen atoms in total. The summed E-state index contributed by atoms with van der Waals surface area (Å²) in [7, 11) is -7.62. The van der Waals surface area contributed by atoms with Crippen molar-refractivity contribution in [1.82, 2.24) is 9.78 Å². The Bertz CT molecular complexity index is 1350. The number of nitrogens with two attached hydrogens (primary N) is 1. The van der Waals surface area contributed by atoms with Crippen LogP contribution >= 0.6 is 23.2 Å². The van der Waals surface area contributed by atoms with E-state index >= 15 is 0 Å². The molecule has 158 valence electrons. The van der Waals surface area contributed by atoms with Crippen molar-refractivity contribution in [2.24, 2.45) is 5.14 Å². The zero-order chi connectivity index (χ0) is 22.1. The monoisotopic (exact) mass is 488 g/mol. The quantitative estimate of drug-likeness (QED) is 0.544. The highest BCUT2D eigenvalue weighted by molar-refractivity contribution is 7.92. The van der Waals surface area contributed by atoms with Crippen LogP contribution in [0.1, 0.15) is 5.56 Å². The van der Waals surface area contributed by atoms with Gasteiger partial charge in [-0.15, -0.1) is 0 Å². The van der Waals surface area contributed by atoms with Crippen LogP contribution < -0.4 is 15.4 Å². The summed E-state index contributed by atoms with van der Waals surface area (Å²) in [6.45, 7) is 0. The maximum absolute atomic E-state index is 12.6. The number of anilines is 1. The molecule has 13 heteroatoms. The Labute approximate surface area is 182 Å². The maximum Gasteiger partial charge on any atom is 0.291 e. The highest BCUT2D eigenvalue weighted by atomic mass is 35.5. The van der Waals surface area contributed by atoms with Crippen LogP contribution in [0.25, 0.3) is 5.69 Å². The summed E-state index contributed by atoms with van der Waals surface area (Å²) in [6.07, 6.45) is 1.21. The zero-order valence-corrected chi connectivity index (χ0v) is 18.1. The summed E-state index contributed by atoms with van der Waals surface area (Å²) in [5.41, 5.74) is 0.311. The summed E-state index contributed by atoms with van der Waals surface area (Å²) >= 11 is 11.6. The number of primary sulfonamides is 1. The number of rotatable bonds is 6. The first-order valence-electron chi connectivity index (χ1n) is 8.12. The van der Waals surface area contributed by atoms with Gasteiger partial charge in [0.15, 0.2) is 0 Å². The minimum absolute atomic E-state index is 0.0106. The molecule has 0 spiro atoms.